The second-order valence-electron chi connectivity index (χ2n) is 6.54. The SMILES string of the molecule is Cc1ccc(C)c(NC(=O)c2cc(NCCCN(C)C)nc(C)n2)c1. The molecule has 2 aromatic rings. The van der Waals surface area contributed by atoms with Gasteiger partial charge in [-0.15, -0.1) is 0 Å². The monoisotopic (exact) mass is 341 g/mol. The molecular weight excluding hydrogens is 314 g/mol. The summed E-state index contributed by atoms with van der Waals surface area (Å²) in [4.78, 5) is 23.3. The number of amides is 1. The molecule has 134 valence electrons. The van der Waals surface area contributed by atoms with Crippen LogP contribution in [0.5, 0.6) is 0 Å². The number of benzene rings is 1. The van der Waals surface area contributed by atoms with Gasteiger partial charge in [-0.3, -0.25) is 4.79 Å². The molecule has 0 fully saturated rings. The van der Waals surface area contributed by atoms with Crippen LogP contribution in [-0.4, -0.2) is 48.0 Å². The summed E-state index contributed by atoms with van der Waals surface area (Å²) in [6.45, 7) is 7.56. The number of aryl methyl sites for hydroxylation is 3. The summed E-state index contributed by atoms with van der Waals surface area (Å²) in [5.74, 6) is 1.02. The van der Waals surface area contributed by atoms with Gasteiger partial charge in [-0.05, 0) is 65.0 Å². The molecule has 6 nitrogen and oxygen atoms in total. The summed E-state index contributed by atoms with van der Waals surface area (Å²) in [5, 5.41) is 6.20. The zero-order valence-corrected chi connectivity index (χ0v) is 15.7. The zero-order valence-electron chi connectivity index (χ0n) is 15.7. The predicted octanol–water partition coefficient (Wildman–Crippen LogP) is 3.02. The molecule has 0 radical (unpaired) electrons. The van der Waals surface area contributed by atoms with E-state index in [1.54, 1.807) is 13.0 Å². The first-order chi connectivity index (χ1) is 11.8. The smallest absolute Gasteiger partial charge is 0.274 e. The third kappa shape index (κ3) is 5.83. The summed E-state index contributed by atoms with van der Waals surface area (Å²) >= 11 is 0. The van der Waals surface area contributed by atoms with Crippen LogP contribution in [0.1, 0.15) is 33.9 Å². The van der Waals surface area contributed by atoms with Crippen LogP contribution in [0.2, 0.25) is 0 Å². The van der Waals surface area contributed by atoms with E-state index in [0.29, 0.717) is 17.3 Å². The van der Waals surface area contributed by atoms with Gasteiger partial charge in [0.25, 0.3) is 5.91 Å². The fraction of sp³-hybridized carbons (Fsp3) is 0.421. The van der Waals surface area contributed by atoms with E-state index in [2.05, 4.69) is 25.5 Å². The molecule has 2 N–H and O–H groups in total. The second-order valence-corrected chi connectivity index (χ2v) is 6.54. The molecule has 0 saturated heterocycles. The Morgan fingerprint density at radius 3 is 2.60 bits per heavy atom. The van der Waals surface area contributed by atoms with Gasteiger partial charge in [0.05, 0.1) is 0 Å². The number of nitrogens with zero attached hydrogens (tertiary/aromatic N) is 3. The maximum absolute atomic E-state index is 12.6. The first-order valence-electron chi connectivity index (χ1n) is 8.48. The van der Waals surface area contributed by atoms with Crippen molar-refractivity contribution >= 4 is 17.4 Å². The first-order valence-corrected chi connectivity index (χ1v) is 8.48. The molecule has 6 heteroatoms. The number of carbonyl (C=O) groups excluding carboxylic acids is 1. The molecular formula is C19H27N5O. The van der Waals surface area contributed by atoms with Gasteiger partial charge in [-0.2, -0.15) is 0 Å². The average Bonchev–Trinajstić information content (AvgIpc) is 2.54. The second kappa shape index (κ2) is 8.58. The molecule has 0 aliphatic rings. The van der Waals surface area contributed by atoms with Crippen LogP contribution in [0.4, 0.5) is 11.5 Å². The number of hydrogen-bond acceptors (Lipinski definition) is 5. The van der Waals surface area contributed by atoms with Crippen LogP contribution in [0.3, 0.4) is 0 Å². The van der Waals surface area contributed by atoms with E-state index in [1.807, 2.05) is 46.1 Å². The first kappa shape index (κ1) is 18.9. The van der Waals surface area contributed by atoms with Crippen LogP contribution < -0.4 is 10.6 Å². The molecule has 0 aliphatic heterocycles. The molecule has 1 aromatic carbocycles. The highest BCUT2D eigenvalue weighted by atomic mass is 16.1. The Bertz CT molecular complexity index is 743. The van der Waals surface area contributed by atoms with Crippen molar-refractivity contribution in [2.45, 2.75) is 27.2 Å². The zero-order chi connectivity index (χ0) is 18.4. The Morgan fingerprint density at radius 2 is 1.88 bits per heavy atom. The summed E-state index contributed by atoms with van der Waals surface area (Å²) in [6, 6.07) is 7.67. The van der Waals surface area contributed by atoms with Crippen LogP contribution in [0.15, 0.2) is 24.3 Å². The van der Waals surface area contributed by atoms with E-state index in [0.717, 1.165) is 36.3 Å². The maximum Gasteiger partial charge on any atom is 0.274 e. The van der Waals surface area contributed by atoms with Gasteiger partial charge in [0.1, 0.15) is 17.3 Å². The number of nitrogens with one attached hydrogen (secondary N) is 2. The number of rotatable bonds is 7. The predicted molar refractivity (Wildman–Crippen MR) is 102 cm³/mol. The van der Waals surface area contributed by atoms with Crippen molar-refractivity contribution in [2.75, 3.05) is 37.8 Å². The highest BCUT2D eigenvalue weighted by Crippen LogP contribution is 2.17. The minimum absolute atomic E-state index is 0.226. The normalized spacial score (nSPS) is 10.8. The summed E-state index contributed by atoms with van der Waals surface area (Å²) < 4.78 is 0. The van der Waals surface area contributed by atoms with Crippen LogP contribution >= 0.6 is 0 Å². The number of hydrogen-bond donors (Lipinski definition) is 2. The number of anilines is 2. The summed E-state index contributed by atoms with van der Waals surface area (Å²) in [5.41, 5.74) is 3.29. The van der Waals surface area contributed by atoms with Gasteiger partial charge in [-0.1, -0.05) is 12.1 Å². The van der Waals surface area contributed by atoms with Crippen molar-refractivity contribution in [1.82, 2.24) is 14.9 Å². The third-order valence-electron chi connectivity index (χ3n) is 3.80. The molecule has 0 aliphatic carbocycles. The van der Waals surface area contributed by atoms with Gasteiger partial charge in [0, 0.05) is 18.3 Å². The Kier molecular flexibility index (Phi) is 6.47. The third-order valence-corrected chi connectivity index (χ3v) is 3.80. The quantitative estimate of drug-likeness (QED) is 0.758. The minimum atomic E-state index is -0.226. The molecule has 25 heavy (non-hydrogen) atoms. The largest absolute Gasteiger partial charge is 0.370 e. The summed E-state index contributed by atoms with van der Waals surface area (Å²) in [6.07, 6.45) is 1.00. The van der Waals surface area contributed by atoms with Crippen LogP contribution in [0, 0.1) is 20.8 Å². The lowest BCUT2D eigenvalue weighted by Gasteiger charge is -2.12. The van der Waals surface area contributed by atoms with Crippen molar-refractivity contribution in [2.24, 2.45) is 0 Å². The van der Waals surface area contributed by atoms with Gasteiger partial charge in [0.2, 0.25) is 0 Å². The van der Waals surface area contributed by atoms with E-state index in [1.165, 1.54) is 0 Å². The summed E-state index contributed by atoms with van der Waals surface area (Å²) in [7, 11) is 4.09. The molecule has 0 saturated carbocycles. The van der Waals surface area contributed by atoms with Gasteiger partial charge in [-0.25, -0.2) is 9.97 Å². The molecule has 2 rings (SSSR count). The Hall–Kier alpha value is -2.47. The Balaban J connectivity index is 2.07. The van der Waals surface area contributed by atoms with Gasteiger partial charge in [0.15, 0.2) is 0 Å². The van der Waals surface area contributed by atoms with Crippen LogP contribution in [-0.2, 0) is 0 Å². The van der Waals surface area contributed by atoms with E-state index < -0.39 is 0 Å². The fourth-order valence-corrected chi connectivity index (χ4v) is 2.44. The van der Waals surface area contributed by atoms with Gasteiger partial charge < -0.3 is 15.5 Å². The molecule has 1 heterocycles. The van der Waals surface area contributed by atoms with Crippen molar-refractivity contribution < 1.29 is 4.79 Å². The van der Waals surface area contributed by atoms with E-state index in [4.69, 9.17) is 0 Å². The highest BCUT2D eigenvalue weighted by Gasteiger charge is 2.12. The Labute approximate surface area is 149 Å². The molecule has 0 bridgehead atoms. The fourth-order valence-electron chi connectivity index (χ4n) is 2.44. The van der Waals surface area contributed by atoms with Crippen molar-refractivity contribution in [3.8, 4) is 0 Å². The van der Waals surface area contributed by atoms with E-state index >= 15 is 0 Å². The lowest BCUT2D eigenvalue weighted by molar-refractivity contribution is 0.102. The molecule has 0 unspecified atom stereocenters. The van der Waals surface area contributed by atoms with Crippen molar-refractivity contribution in [3.05, 3.63) is 46.9 Å². The van der Waals surface area contributed by atoms with Gasteiger partial charge >= 0.3 is 0 Å². The average molecular weight is 341 g/mol. The van der Waals surface area contributed by atoms with E-state index in [-0.39, 0.29) is 5.91 Å². The topological polar surface area (TPSA) is 70.2 Å². The van der Waals surface area contributed by atoms with Crippen molar-refractivity contribution in [1.29, 1.82) is 0 Å². The maximum atomic E-state index is 12.6. The molecule has 1 aromatic heterocycles. The molecule has 1 amide bonds. The lowest BCUT2D eigenvalue weighted by atomic mass is 10.1. The lowest BCUT2D eigenvalue weighted by Crippen LogP contribution is -2.18. The standard InChI is InChI=1S/C19H27N5O/c1-13-7-8-14(2)16(11-13)23-19(25)17-12-18(22-15(3)21-17)20-9-6-10-24(4)5/h7-8,11-12H,6,9-10H2,1-5H3,(H,23,25)(H,20,21,22). The Morgan fingerprint density at radius 1 is 1.12 bits per heavy atom. The van der Waals surface area contributed by atoms with Crippen LogP contribution in [0.25, 0.3) is 0 Å². The molecule has 0 spiro atoms. The number of carbonyl (C=O) groups is 1. The van der Waals surface area contributed by atoms with E-state index in [9.17, 15) is 4.79 Å². The minimum Gasteiger partial charge on any atom is -0.370 e. The highest BCUT2D eigenvalue weighted by molar-refractivity contribution is 6.03. The van der Waals surface area contributed by atoms with Crippen molar-refractivity contribution in [3.63, 3.8) is 0 Å². The molecule has 0 atom stereocenters. The number of aromatic nitrogens is 2.